The van der Waals surface area contributed by atoms with Crippen molar-refractivity contribution in [2.45, 2.75) is 19.5 Å². The lowest BCUT2D eigenvalue weighted by Crippen LogP contribution is -2.32. The number of carbonyl (C=O) groups excluding carboxylic acids is 1. The zero-order valence-corrected chi connectivity index (χ0v) is 15.5. The highest BCUT2D eigenvalue weighted by Gasteiger charge is 2.25. The number of amides is 1. The number of fused-ring (bicyclic) bond motifs is 1. The molecule has 4 rings (SSSR count). The Morgan fingerprint density at radius 1 is 1.23 bits per heavy atom. The van der Waals surface area contributed by atoms with Gasteiger partial charge in [-0.3, -0.25) is 4.79 Å². The van der Waals surface area contributed by atoms with Crippen molar-refractivity contribution in [3.8, 4) is 22.6 Å². The molecule has 0 fully saturated rings. The van der Waals surface area contributed by atoms with Gasteiger partial charge in [0.1, 0.15) is 23.9 Å². The molecule has 0 spiro atoms. The molecule has 0 atom stereocenters. The van der Waals surface area contributed by atoms with Gasteiger partial charge in [-0.15, -0.1) is 0 Å². The number of hydrogen-bond acceptors (Lipinski definition) is 5. The lowest BCUT2D eigenvalue weighted by molar-refractivity contribution is -0.158. The highest BCUT2D eigenvalue weighted by atomic mass is 19.3. The third-order valence-corrected chi connectivity index (χ3v) is 3.87. The summed E-state index contributed by atoms with van der Waals surface area (Å²) in [6.07, 6.45) is -5.17. The Balaban J connectivity index is 1.81. The van der Waals surface area contributed by atoms with E-state index < -0.39 is 72.6 Å². The zero-order valence-electron chi connectivity index (χ0n) is 24.5. The molecule has 1 amide bonds. The van der Waals surface area contributed by atoms with Gasteiger partial charge in [0.25, 0.3) is 5.91 Å². The Labute approximate surface area is 184 Å². The summed E-state index contributed by atoms with van der Waals surface area (Å²) >= 11 is 0. The van der Waals surface area contributed by atoms with Crippen LogP contribution < -0.4 is 9.47 Å². The Morgan fingerprint density at radius 2 is 1.97 bits per heavy atom. The number of benzene rings is 2. The predicted octanol–water partition coefficient (Wildman–Crippen LogP) is 4.17. The van der Waals surface area contributed by atoms with Crippen LogP contribution in [-0.2, 0) is 6.50 Å². The second-order valence-corrected chi connectivity index (χ2v) is 6.14. The summed E-state index contributed by atoms with van der Waals surface area (Å²) in [5.41, 5.74) is -0.560. The Bertz CT molecular complexity index is 1450. The number of carbonyl (C=O) groups is 1. The first-order chi connectivity index (χ1) is 18.0. The molecule has 0 unspecified atom stereocenters. The highest BCUT2D eigenvalue weighted by molar-refractivity contribution is 5.98. The van der Waals surface area contributed by atoms with Crippen molar-refractivity contribution in [2.24, 2.45) is 0 Å². The van der Waals surface area contributed by atoms with Crippen LogP contribution in [0.25, 0.3) is 11.1 Å². The average molecular weight is 420 g/mol. The van der Waals surface area contributed by atoms with E-state index in [4.69, 9.17) is 17.1 Å². The minimum absolute atomic E-state index is 0.0170. The molecule has 1 aliphatic rings. The van der Waals surface area contributed by atoms with Crippen LogP contribution in [0.2, 0.25) is 0 Å². The first kappa shape index (κ1) is 11.6. The Hall–Kier alpha value is -3.55. The molecule has 0 N–H and O–H groups in total. The number of ether oxygens (including phenoxy) is 2. The topological polar surface area (TPSA) is 64.6 Å². The summed E-state index contributed by atoms with van der Waals surface area (Å²) in [6.45, 7) is -2.84. The van der Waals surface area contributed by atoms with Gasteiger partial charge in [0.15, 0.2) is 0 Å². The molecule has 1 aromatic heterocycles. The van der Waals surface area contributed by atoms with E-state index in [0.29, 0.717) is 11.8 Å². The monoisotopic (exact) mass is 420 g/mol. The van der Waals surface area contributed by atoms with Gasteiger partial charge >= 0.3 is 6.11 Å². The van der Waals surface area contributed by atoms with Crippen LogP contribution in [0.3, 0.4) is 0 Å². The molecule has 3 aromatic rings. The molecule has 30 heavy (non-hydrogen) atoms. The molecule has 6 nitrogen and oxygen atoms in total. The molecule has 0 radical (unpaired) electrons. The second-order valence-electron chi connectivity index (χ2n) is 6.14. The number of halogens is 2. The van der Waals surface area contributed by atoms with Gasteiger partial charge in [-0.05, 0) is 41.4 Å². The smallest absolute Gasteiger partial charge is 0.394 e. The molecular weight excluding hydrogens is 392 g/mol. The van der Waals surface area contributed by atoms with Crippen LogP contribution in [0.1, 0.15) is 35.4 Å². The first-order valence-corrected chi connectivity index (χ1v) is 8.63. The van der Waals surface area contributed by atoms with E-state index in [1.54, 1.807) is 0 Å². The summed E-state index contributed by atoms with van der Waals surface area (Å²) in [5, 5.41) is 0. The number of alkyl halides is 2. The zero-order chi connectivity index (χ0) is 29.0. The van der Waals surface area contributed by atoms with Gasteiger partial charge in [-0.1, -0.05) is 18.2 Å². The lowest BCUT2D eigenvalue weighted by atomic mass is 10.0. The van der Waals surface area contributed by atoms with Crippen molar-refractivity contribution < 1.29 is 35.4 Å². The molecule has 0 aliphatic carbocycles. The maximum atomic E-state index is 13.5. The number of hydrogen-bond donors (Lipinski definition) is 0. The van der Waals surface area contributed by atoms with E-state index in [1.165, 1.54) is 12.1 Å². The van der Waals surface area contributed by atoms with Crippen LogP contribution in [-0.4, -0.2) is 40.0 Å². The SMILES string of the molecule is [2H]c1nc(C([2H])([2H])N2CCOc3ccc(-c4c([2H])c([2H])c(OC(C)(F)F)c([2H])c4[2H])cc3C2=O)nc([2H])c1[2H]. The summed E-state index contributed by atoms with van der Waals surface area (Å²) in [4.78, 5) is 21.5. The molecule has 154 valence electrons. The normalized spacial score (nSPS) is 18.7. The predicted molar refractivity (Wildman–Crippen MR) is 105 cm³/mol. The van der Waals surface area contributed by atoms with Crippen LogP contribution >= 0.6 is 0 Å². The van der Waals surface area contributed by atoms with Gasteiger partial charge in [0.05, 0.1) is 30.9 Å². The number of rotatable bonds is 5. The third kappa shape index (κ3) is 4.53. The molecule has 2 heterocycles. The molecule has 1 aliphatic heterocycles. The van der Waals surface area contributed by atoms with E-state index in [1.807, 2.05) is 0 Å². The third-order valence-electron chi connectivity index (χ3n) is 3.87. The fraction of sp³-hybridized carbons (Fsp3) is 0.227. The number of aromatic nitrogens is 2. The molecule has 8 heteroatoms. The fourth-order valence-electron chi connectivity index (χ4n) is 2.64. The summed E-state index contributed by atoms with van der Waals surface area (Å²) in [6, 6.07) is 0.0430. The minimum atomic E-state index is -3.77. The van der Waals surface area contributed by atoms with Crippen molar-refractivity contribution >= 4 is 5.91 Å². The van der Waals surface area contributed by atoms with Crippen LogP contribution in [0, 0.1) is 0 Å². The van der Waals surface area contributed by atoms with E-state index >= 15 is 0 Å². The maximum Gasteiger partial charge on any atom is 0.394 e. The van der Waals surface area contributed by atoms with Gasteiger partial charge in [0, 0.05) is 19.3 Å². The van der Waals surface area contributed by atoms with Gasteiger partial charge in [-0.25, -0.2) is 9.97 Å². The second kappa shape index (κ2) is 8.06. The van der Waals surface area contributed by atoms with Crippen molar-refractivity contribution in [1.82, 2.24) is 14.9 Å². The molecule has 0 saturated heterocycles. The summed E-state index contributed by atoms with van der Waals surface area (Å²) < 4.78 is 109. The van der Waals surface area contributed by atoms with Crippen molar-refractivity contribution in [1.29, 1.82) is 0 Å². The molecular formula is C22H19F2N3O3. The first-order valence-electron chi connectivity index (χ1n) is 13.1. The maximum absolute atomic E-state index is 13.5. The fourth-order valence-corrected chi connectivity index (χ4v) is 2.64. The van der Waals surface area contributed by atoms with E-state index in [0.717, 1.165) is 6.07 Å². The van der Waals surface area contributed by atoms with E-state index in [2.05, 4.69) is 14.7 Å². The Kier molecular flexibility index (Phi) is 3.11. The minimum Gasteiger partial charge on any atom is -0.491 e. The molecule has 0 bridgehead atoms. The van der Waals surface area contributed by atoms with Crippen LogP contribution in [0.5, 0.6) is 11.5 Å². The van der Waals surface area contributed by atoms with E-state index in [-0.39, 0.29) is 35.6 Å². The van der Waals surface area contributed by atoms with Crippen molar-refractivity contribution in [3.63, 3.8) is 0 Å². The van der Waals surface area contributed by atoms with Gasteiger partial charge in [-0.2, -0.15) is 8.78 Å². The number of nitrogens with zero attached hydrogens (tertiary/aromatic N) is 3. The van der Waals surface area contributed by atoms with Crippen LogP contribution in [0.15, 0.2) is 60.8 Å². The van der Waals surface area contributed by atoms with Crippen molar-refractivity contribution in [3.05, 3.63) is 72.1 Å². The largest absolute Gasteiger partial charge is 0.491 e. The lowest BCUT2D eigenvalue weighted by Gasteiger charge is -2.19. The quantitative estimate of drug-likeness (QED) is 0.620. The molecule has 0 saturated carbocycles. The molecule has 2 aromatic carbocycles. The van der Waals surface area contributed by atoms with E-state index in [9.17, 15) is 13.6 Å². The van der Waals surface area contributed by atoms with Crippen LogP contribution in [0.4, 0.5) is 8.78 Å². The summed E-state index contributed by atoms with van der Waals surface area (Å²) in [5.74, 6) is -2.56. The highest BCUT2D eigenvalue weighted by Crippen LogP contribution is 2.31. The van der Waals surface area contributed by atoms with Gasteiger partial charge < -0.3 is 14.4 Å². The standard InChI is InChI=1S/C22H19F2N3O3/c1-22(23,24)30-17-6-3-15(4-7-17)16-5-8-19-18(13-16)21(28)27(11-12-29-19)14-20-25-9-2-10-26-20/h2-10,13H,11-12,14H2,1H3/i2D,3D,4D,6D,7D,9D,10D,14D2. The average Bonchev–Trinajstić information content (AvgIpc) is 3.02. The Morgan fingerprint density at radius 3 is 2.67 bits per heavy atom. The van der Waals surface area contributed by atoms with Crippen molar-refractivity contribution in [2.75, 3.05) is 13.2 Å². The summed E-state index contributed by atoms with van der Waals surface area (Å²) in [7, 11) is 0. The van der Waals surface area contributed by atoms with Gasteiger partial charge in [0.2, 0.25) is 0 Å².